The van der Waals surface area contributed by atoms with Crippen molar-refractivity contribution in [3.63, 3.8) is 0 Å². The molecule has 1 aromatic carbocycles. The first-order valence-corrected chi connectivity index (χ1v) is 5.30. The summed E-state index contributed by atoms with van der Waals surface area (Å²) in [5, 5.41) is 8.46. The Bertz CT molecular complexity index is 285. The zero-order chi connectivity index (χ0) is 10.6. The summed E-state index contributed by atoms with van der Waals surface area (Å²) in [5.74, 6) is -2.22. The second-order valence-electron chi connectivity index (χ2n) is 2.82. The molecular weight excluding hydrogens is 206 g/mol. The summed E-state index contributed by atoms with van der Waals surface area (Å²) in [6.07, 6.45) is 0. The first-order valence-electron chi connectivity index (χ1n) is 4.32. The van der Waals surface area contributed by atoms with Gasteiger partial charge in [-0.15, -0.1) is 11.8 Å². The van der Waals surface area contributed by atoms with Crippen molar-refractivity contribution in [3.05, 3.63) is 29.8 Å². The fourth-order valence-electron chi connectivity index (χ4n) is 1.05. The molecule has 0 spiro atoms. The predicted molar refractivity (Wildman–Crippen MR) is 53.8 cm³/mol. The summed E-state index contributed by atoms with van der Waals surface area (Å²) in [5.41, 5.74) is -0.138. The highest BCUT2D eigenvalue weighted by Crippen LogP contribution is 2.28. The lowest BCUT2D eigenvalue weighted by Gasteiger charge is -2.13. The van der Waals surface area contributed by atoms with Crippen LogP contribution >= 0.6 is 11.8 Å². The third-order valence-corrected chi connectivity index (χ3v) is 2.68. The average molecular weight is 218 g/mol. The molecule has 0 aliphatic carbocycles. The number of aliphatic hydroxyl groups excluding tert-OH is 1. The van der Waals surface area contributed by atoms with Crippen LogP contribution in [0.5, 0.6) is 0 Å². The van der Waals surface area contributed by atoms with Gasteiger partial charge in [0.2, 0.25) is 0 Å². The highest BCUT2D eigenvalue weighted by molar-refractivity contribution is 7.99. The minimum Gasteiger partial charge on any atom is -0.390 e. The first-order chi connectivity index (χ1) is 6.60. The van der Waals surface area contributed by atoms with Crippen molar-refractivity contribution in [1.82, 2.24) is 0 Å². The average Bonchev–Trinajstić information content (AvgIpc) is 2.19. The number of thioether (sulfide) groups is 1. The fourth-order valence-corrected chi connectivity index (χ4v) is 1.71. The molecule has 1 N–H and O–H groups in total. The van der Waals surface area contributed by atoms with Gasteiger partial charge < -0.3 is 5.11 Å². The third-order valence-electron chi connectivity index (χ3n) is 1.79. The van der Waals surface area contributed by atoms with Gasteiger partial charge in [-0.2, -0.15) is 8.78 Å². The monoisotopic (exact) mass is 218 g/mol. The molecule has 0 heterocycles. The normalized spacial score (nSPS) is 11.7. The van der Waals surface area contributed by atoms with E-state index in [0.29, 0.717) is 0 Å². The number of hydrogen-bond donors (Lipinski definition) is 1. The van der Waals surface area contributed by atoms with Crippen molar-refractivity contribution < 1.29 is 13.9 Å². The second kappa shape index (κ2) is 4.75. The number of rotatable bonds is 4. The van der Waals surface area contributed by atoms with Crippen LogP contribution in [0.2, 0.25) is 0 Å². The van der Waals surface area contributed by atoms with Gasteiger partial charge in [0.05, 0.1) is 0 Å². The Morgan fingerprint density at radius 1 is 1.29 bits per heavy atom. The lowest BCUT2D eigenvalue weighted by molar-refractivity contribution is -0.0556. The molecule has 0 amide bonds. The van der Waals surface area contributed by atoms with Gasteiger partial charge in [-0.3, -0.25) is 0 Å². The summed E-state index contributed by atoms with van der Waals surface area (Å²) < 4.78 is 25.9. The lowest BCUT2D eigenvalue weighted by Crippen LogP contribution is -2.18. The Kier molecular flexibility index (Phi) is 3.89. The van der Waals surface area contributed by atoms with E-state index < -0.39 is 12.5 Å². The van der Waals surface area contributed by atoms with Gasteiger partial charge in [0.15, 0.2) is 0 Å². The molecule has 14 heavy (non-hydrogen) atoms. The maximum atomic E-state index is 12.9. The van der Waals surface area contributed by atoms with Crippen LogP contribution in [-0.4, -0.2) is 17.5 Å². The predicted octanol–water partition coefficient (Wildman–Crippen LogP) is 2.88. The van der Waals surface area contributed by atoms with Crippen molar-refractivity contribution in [2.24, 2.45) is 0 Å². The van der Waals surface area contributed by atoms with E-state index in [9.17, 15) is 8.78 Å². The van der Waals surface area contributed by atoms with E-state index in [-0.39, 0.29) is 5.56 Å². The Morgan fingerprint density at radius 2 is 1.86 bits per heavy atom. The molecule has 0 aromatic heterocycles. The molecule has 0 unspecified atom stereocenters. The number of aliphatic hydroxyl groups is 1. The van der Waals surface area contributed by atoms with E-state index in [4.69, 9.17) is 5.11 Å². The van der Waals surface area contributed by atoms with Crippen molar-refractivity contribution in [3.8, 4) is 0 Å². The molecule has 4 heteroatoms. The maximum absolute atomic E-state index is 12.9. The SMILES string of the molecule is CCSc1ccc(C(F)(F)CO)cc1. The molecule has 0 atom stereocenters. The maximum Gasteiger partial charge on any atom is 0.295 e. The van der Waals surface area contributed by atoms with Crippen LogP contribution in [-0.2, 0) is 5.92 Å². The Morgan fingerprint density at radius 3 is 2.29 bits per heavy atom. The van der Waals surface area contributed by atoms with Gasteiger partial charge in [0, 0.05) is 10.5 Å². The van der Waals surface area contributed by atoms with Gasteiger partial charge in [-0.25, -0.2) is 0 Å². The van der Waals surface area contributed by atoms with E-state index in [1.54, 1.807) is 23.9 Å². The van der Waals surface area contributed by atoms with Crippen molar-refractivity contribution in [2.45, 2.75) is 17.7 Å². The molecule has 0 saturated heterocycles. The molecule has 0 aliphatic rings. The quantitative estimate of drug-likeness (QED) is 0.784. The summed E-state index contributed by atoms with van der Waals surface area (Å²) in [4.78, 5) is 0.963. The third kappa shape index (κ3) is 2.69. The largest absolute Gasteiger partial charge is 0.390 e. The molecule has 78 valence electrons. The number of hydrogen-bond acceptors (Lipinski definition) is 2. The molecule has 1 nitrogen and oxygen atoms in total. The zero-order valence-corrected chi connectivity index (χ0v) is 8.65. The molecular formula is C10H12F2OS. The van der Waals surface area contributed by atoms with Gasteiger partial charge in [-0.1, -0.05) is 19.1 Å². The van der Waals surface area contributed by atoms with E-state index in [2.05, 4.69) is 0 Å². The Labute approximate surface area is 86.1 Å². The van der Waals surface area contributed by atoms with Crippen LogP contribution in [0.1, 0.15) is 12.5 Å². The zero-order valence-electron chi connectivity index (χ0n) is 7.84. The number of halogens is 2. The smallest absolute Gasteiger partial charge is 0.295 e. The van der Waals surface area contributed by atoms with Crippen LogP contribution in [0, 0.1) is 0 Å². The summed E-state index contributed by atoms with van der Waals surface area (Å²) in [6.45, 7) is 0.855. The molecule has 0 fully saturated rings. The topological polar surface area (TPSA) is 20.2 Å². The van der Waals surface area contributed by atoms with Crippen LogP contribution in [0.25, 0.3) is 0 Å². The van der Waals surface area contributed by atoms with Crippen LogP contribution < -0.4 is 0 Å². The Hall–Kier alpha value is -0.610. The minimum absolute atomic E-state index is 0.138. The second-order valence-corrected chi connectivity index (χ2v) is 4.16. The van der Waals surface area contributed by atoms with Crippen molar-refractivity contribution in [2.75, 3.05) is 12.4 Å². The van der Waals surface area contributed by atoms with Crippen LogP contribution in [0.15, 0.2) is 29.2 Å². The Balaban J connectivity index is 2.82. The summed E-state index contributed by atoms with van der Waals surface area (Å²) in [6, 6.07) is 6.00. The molecule has 0 aliphatic heterocycles. The fraction of sp³-hybridized carbons (Fsp3) is 0.400. The van der Waals surface area contributed by atoms with E-state index in [1.165, 1.54) is 12.1 Å². The van der Waals surface area contributed by atoms with Gasteiger partial charge in [-0.05, 0) is 17.9 Å². The highest BCUT2D eigenvalue weighted by atomic mass is 32.2. The van der Waals surface area contributed by atoms with Crippen LogP contribution in [0.4, 0.5) is 8.78 Å². The number of alkyl halides is 2. The van der Waals surface area contributed by atoms with Gasteiger partial charge in [0.25, 0.3) is 5.92 Å². The highest BCUT2D eigenvalue weighted by Gasteiger charge is 2.29. The van der Waals surface area contributed by atoms with Crippen molar-refractivity contribution in [1.29, 1.82) is 0 Å². The van der Waals surface area contributed by atoms with Crippen LogP contribution in [0.3, 0.4) is 0 Å². The summed E-state index contributed by atoms with van der Waals surface area (Å²) in [7, 11) is 0. The first kappa shape index (κ1) is 11.5. The van der Waals surface area contributed by atoms with Crippen molar-refractivity contribution >= 4 is 11.8 Å². The molecule has 1 aromatic rings. The lowest BCUT2D eigenvalue weighted by atomic mass is 10.1. The van der Waals surface area contributed by atoms with E-state index in [1.807, 2.05) is 6.92 Å². The van der Waals surface area contributed by atoms with Gasteiger partial charge in [0.1, 0.15) is 6.61 Å². The molecule has 0 saturated carbocycles. The minimum atomic E-state index is -3.13. The van der Waals surface area contributed by atoms with E-state index in [0.717, 1.165) is 10.6 Å². The van der Waals surface area contributed by atoms with Gasteiger partial charge >= 0.3 is 0 Å². The molecule has 1 rings (SSSR count). The number of benzene rings is 1. The molecule has 0 bridgehead atoms. The standard InChI is InChI=1S/C10H12F2OS/c1-2-14-9-5-3-8(4-6-9)10(11,12)7-13/h3-6,13H,2,7H2,1H3. The summed E-state index contributed by atoms with van der Waals surface area (Å²) >= 11 is 1.59. The van der Waals surface area contributed by atoms with E-state index >= 15 is 0 Å². The molecule has 0 radical (unpaired) electrons.